The lowest BCUT2D eigenvalue weighted by molar-refractivity contribution is -0.140. The van der Waals surface area contributed by atoms with Gasteiger partial charge in [-0.1, -0.05) is 11.6 Å². The van der Waals surface area contributed by atoms with E-state index >= 15 is 0 Å². The SMILES string of the molecule is COc1cc([C@@H]2C(=C(O)c3cc(C)ccc3O)C(=O)C(=O)N2CCCN2CCOCC2)cc(OC)c1OC. The summed E-state index contributed by atoms with van der Waals surface area (Å²) >= 11 is 0. The molecule has 0 saturated carbocycles. The van der Waals surface area contributed by atoms with Crippen LogP contribution in [0.25, 0.3) is 5.76 Å². The average molecular weight is 527 g/mol. The van der Waals surface area contributed by atoms with Crippen molar-refractivity contribution in [3.05, 3.63) is 52.6 Å². The molecule has 2 heterocycles. The second-order valence-electron chi connectivity index (χ2n) is 9.28. The highest BCUT2D eigenvalue weighted by Gasteiger charge is 2.46. The van der Waals surface area contributed by atoms with Crippen molar-refractivity contribution in [2.75, 3.05) is 60.7 Å². The first-order valence-electron chi connectivity index (χ1n) is 12.5. The van der Waals surface area contributed by atoms with Gasteiger partial charge in [0.25, 0.3) is 11.7 Å². The maximum atomic E-state index is 13.4. The number of amides is 1. The first kappa shape index (κ1) is 27.3. The molecular formula is C28H34N2O8. The van der Waals surface area contributed by atoms with E-state index in [0.29, 0.717) is 42.4 Å². The Morgan fingerprint density at radius 1 is 1.00 bits per heavy atom. The first-order valence-corrected chi connectivity index (χ1v) is 12.5. The van der Waals surface area contributed by atoms with Crippen molar-refractivity contribution in [3.8, 4) is 23.0 Å². The standard InChI is InChI=1S/C28H34N2O8/c1-17-6-7-20(31)19(14-17)25(32)23-24(18-15-21(35-2)27(37-4)22(16-18)36-3)30(28(34)26(23)33)9-5-8-29-10-12-38-13-11-29/h6-7,14-16,24,31-32H,5,8-13H2,1-4H3/t24-/m1/s1. The summed E-state index contributed by atoms with van der Waals surface area (Å²) in [6.07, 6.45) is 0.615. The molecule has 10 nitrogen and oxygen atoms in total. The number of hydrogen-bond acceptors (Lipinski definition) is 9. The Morgan fingerprint density at radius 2 is 1.66 bits per heavy atom. The molecule has 0 spiro atoms. The number of aromatic hydroxyl groups is 1. The Balaban J connectivity index is 1.81. The van der Waals surface area contributed by atoms with Crippen LogP contribution in [0, 0.1) is 6.92 Å². The zero-order valence-electron chi connectivity index (χ0n) is 22.2. The van der Waals surface area contributed by atoms with Crippen molar-refractivity contribution in [1.82, 2.24) is 9.80 Å². The van der Waals surface area contributed by atoms with Crippen LogP contribution in [-0.4, -0.2) is 92.4 Å². The molecule has 10 heteroatoms. The summed E-state index contributed by atoms with van der Waals surface area (Å²) in [6.45, 7) is 5.75. The second-order valence-corrected chi connectivity index (χ2v) is 9.28. The van der Waals surface area contributed by atoms with Gasteiger partial charge in [0.05, 0.1) is 51.7 Å². The molecule has 2 saturated heterocycles. The molecular weight excluding hydrogens is 492 g/mol. The number of morpholine rings is 1. The number of methoxy groups -OCH3 is 3. The van der Waals surface area contributed by atoms with E-state index in [-0.39, 0.29) is 23.4 Å². The monoisotopic (exact) mass is 526 g/mol. The lowest BCUT2D eigenvalue weighted by atomic mass is 9.94. The quantitative estimate of drug-likeness (QED) is 0.289. The summed E-state index contributed by atoms with van der Waals surface area (Å²) in [5.74, 6) is -1.14. The molecule has 0 unspecified atom stereocenters. The van der Waals surface area contributed by atoms with Crippen LogP contribution in [0.15, 0.2) is 35.9 Å². The Bertz CT molecular complexity index is 1210. The number of carbonyl (C=O) groups is 2. The van der Waals surface area contributed by atoms with E-state index < -0.39 is 23.5 Å². The normalized spacial score (nSPS) is 19.6. The molecule has 2 N–H and O–H groups in total. The highest BCUT2D eigenvalue weighted by atomic mass is 16.5. The Morgan fingerprint density at radius 3 is 2.26 bits per heavy atom. The molecule has 38 heavy (non-hydrogen) atoms. The van der Waals surface area contributed by atoms with Crippen molar-refractivity contribution in [3.63, 3.8) is 0 Å². The fourth-order valence-electron chi connectivity index (χ4n) is 4.99. The fourth-order valence-corrected chi connectivity index (χ4v) is 4.99. The van der Waals surface area contributed by atoms with Gasteiger partial charge in [0.15, 0.2) is 11.5 Å². The number of Topliss-reactive ketones (excluding diaryl/α,β-unsaturated/α-hetero) is 1. The van der Waals surface area contributed by atoms with E-state index in [1.54, 1.807) is 31.2 Å². The molecule has 1 atom stereocenters. The van der Waals surface area contributed by atoms with Gasteiger partial charge in [0.2, 0.25) is 5.75 Å². The van der Waals surface area contributed by atoms with Crippen LogP contribution in [0.5, 0.6) is 23.0 Å². The average Bonchev–Trinajstić information content (AvgIpc) is 3.18. The molecule has 2 aromatic rings. The largest absolute Gasteiger partial charge is 0.507 e. The number of aliphatic hydroxyl groups excluding tert-OH is 1. The van der Waals surface area contributed by atoms with E-state index in [9.17, 15) is 19.8 Å². The number of benzene rings is 2. The highest BCUT2D eigenvalue weighted by molar-refractivity contribution is 6.46. The molecule has 2 fully saturated rings. The molecule has 1 amide bonds. The van der Waals surface area contributed by atoms with Gasteiger partial charge in [-0.15, -0.1) is 0 Å². The maximum absolute atomic E-state index is 13.4. The number of ether oxygens (including phenoxy) is 4. The fraction of sp³-hybridized carbons (Fsp3) is 0.429. The summed E-state index contributed by atoms with van der Waals surface area (Å²) in [4.78, 5) is 30.5. The minimum Gasteiger partial charge on any atom is -0.507 e. The van der Waals surface area contributed by atoms with Crippen LogP contribution in [-0.2, 0) is 14.3 Å². The zero-order chi connectivity index (χ0) is 27.4. The molecule has 2 aliphatic rings. The Labute approximate surface area is 222 Å². The molecule has 0 bridgehead atoms. The van der Waals surface area contributed by atoms with Gasteiger partial charge < -0.3 is 34.1 Å². The van der Waals surface area contributed by atoms with E-state index in [1.165, 1.54) is 32.3 Å². The minimum atomic E-state index is -0.937. The summed E-state index contributed by atoms with van der Waals surface area (Å²) in [5.41, 5.74) is 1.23. The van der Waals surface area contributed by atoms with Crippen LogP contribution < -0.4 is 14.2 Å². The number of aryl methyl sites for hydroxylation is 1. The minimum absolute atomic E-state index is 0.0776. The van der Waals surface area contributed by atoms with Gasteiger partial charge in [0.1, 0.15) is 11.5 Å². The van der Waals surface area contributed by atoms with Gasteiger partial charge in [-0.25, -0.2) is 0 Å². The molecule has 4 rings (SSSR count). The number of carbonyl (C=O) groups excluding carboxylic acids is 2. The Kier molecular flexibility index (Phi) is 8.43. The smallest absolute Gasteiger partial charge is 0.295 e. The van der Waals surface area contributed by atoms with Crippen LogP contribution in [0.1, 0.15) is 29.2 Å². The molecule has 0 aliphatic carbocycles. The third kappa shape index (κ3) is 5.27. The van der Waals surface area contributed by atoms with E-state index in [2.05, 4.69) is 4.90 Å². The van der Waals surface area contributed by atoms with Crippen molar-refractivity contribution in [1.29, 1.82) is 0 Å². The van der Waals surface area contributed by atoms with Crippen LogP contribution in [0.2, 0.25) is 0 Å². The number of ketones is 1. The van der Waals surface area contributed by atoms with E-state index in [0.717, 1.165) is 25.2 Å². The number of likely N-dealkylation sites (tertiary alicyclic amines) is 1. The summed E-state index contributed by atoms with van der Waals surface area (Å²) in [5, 5.41) is 21.8. The van der Waals surface area contributed by atoms with Gasteiger partial charge in [0, 0.05) is 26.2 Å². The third-order valence-electron chi connectivity index (χ3n) is 6.93. The number of aliphatic hydroxyl groups is 1. The summed E-state index contributed by atoms with van der Waals surface area (Å²) in [7, 11) is 4.44. The van der Waals surface area contributed by atoms with Gasteiger partial charge >= 0.3 is 0 Å². The molecule has 204 valence electrons. The Hall–Kier alpha value is -3.76. The van der Waals surface area contributed by atoms with Gasteiger partial charge in [-0.05, 0) is 43.2 Å². The van der Waals surface area contributed by atoms with Crippen molar-refractivity contribution in [2.45, 2.75) is 19.4 Å². The van der Waals surface area contributed by atoms with Gasteiger partial charge in [-0.2, -0.15) is 0 Å². The second kappa shape index (κ2) is 11.7. The first-order chi connectivity index (χ1) is 18.3. The maximum Gasteiger partial charge on any atom is 0.295 e. The zero-order valence-corrected chi connectivity index (χ0v) is 22.2. The number of phenolic OH excluding ortho intramolecular Hbond substituents is 1. The molecule has 0 radical (unpaired) electrons. The van der Waals surface area contributed by atoms with Crippen molar-refractivity contribution < 1.29 is 38.7 Å². The van der Waals surface area contributed by atoms with Crippen LogP contribution in [0.4, 0.5) is 0 Å². The van der Waals surface area contributed by atoms with Crippen LogP contribution >= 0.6 is 0 Å². The van der Waals surface area contributed by atoms with E-state index in [1.807, 2.05) is 0 Å². The predicted molar refractivity (Wildman–Crippen MR) is 140 cm³/mol. The van der Waals surface area contributed by atoms with Gasteiger partial charge in [-0.3, -0.25) is 14.5 Å². The van der Waals surface area contributed by atoms with Crippen molar-refractivity contribution in [2.24, 2.45) is 0 Å². The number of rotatable bonds is 9. The predicted octanol–water partition coefficient (Wildman–Crippen LogP) is 2.87. The number of phenols is 1. The van der Waals surface area contributed by atoms with Crippen LogP contribution in [0.3, 0.4) is 0 Å². The summed E-state index contributed by atoms with van der Waals surface area (Å²) < 4.78 is 21.9. The lowest BCUT2D eigenvalue weighted by Gasteiger charge is -2.29. The molecule has 2 aliphatic heterocycles. The molecule has 2 aromatic carbocycles. The summed E-state index contributed by atoms with van der Waals surface area (Å²) in [6, 6.07) is 7.09. The highest BCUT2D eigenvalue weighted by Crippen LogP contribution is 2.46. The van der Waals surface area contributed by atoms with E-state index in [4.69, 9.17) is 18.9 Å². The van der Waals surface area contributed by atoms with Crippen molar-refractivity contribution >= 4 is 17.4 Å². The number of hydrogen-bond donors (Lipinski definition) is 2. The lowest BCUT2D eigenvalue weighted by Crippen LogP contribution is -2.39. The topological polar surface area (TPSA) is 118 Å². The number of nitrogens with zero attached hydrogens (tertiary/aromatic N) is 2. The third-order valence-corrected chi connectivity index (χ3v) is 6.93. The molecule has 0 aromatic heterocycles.